The van der Waals surface area contributed by atoms with Crippen LogP contribution in [-0.2, 0) is 7.05 Å². The molecule has 0 atom stereocenters. The minimum Gasteiger partial charge on any atom is -0.194 e. The molecule has 0 saturated carbocycles. The monoisotopic (exact) mass is 223 g/mol. The summed E-state index contributed by atoms with van der Waals surface area (Å²) < 4.78 is 10.4. The molecule has 0 saturated heterocycles. The smallest absolute Gasteiger partial charge is 0.194 e. The molecule has 84 valence electrons. The number of hydrogen-bond acceptors (Lipinski definition) is 0. The molecule has 0 fully saturated rings. The lowest BCUT2D eigenvalue weighted by Crippen LogP contribution is -2.30. The van der Waals surface area contributed by atoms with Crippen molar-refractivity contribution in [3.05, 3.63) is 53.6 Å². The van der Waals surface area contributed by atoms with Gasteiger partial charge >= 0.3 is 0 Å². The first-order valence-corrected chi connectivity index (χ1v) is 5.87. The van der Waals surface area contributed by atoms with E-state index in [2.05, 4.69) is 48.9 Å². The highest BCUT2D eigenvalue weighted by Crippen LogP contribution is 2.19. The van der Waals surface area contributed by atoms with Crippen LogP contribution in [-0.4, -0.2) is 0 Å². The highest BCUT2D eigenvalue weighted by atomic mass is 14.9. The molecule has 3 aromatic rings. The molecule has 0 aliphatic carbocycles. The first-order chi connectivity index (χ1) is 8.58. The van der Waals surface area contributed by atoms with Crippen LogP contribution in [0, 0.1) is 13.8 Å². The average Bonchev–Trinajstić information content (AvgIpc) is 2.36. The second-order valence-electron chi connectivity index (χ2n) is 4.71. The number of aryl methyl sites for hydroxylation is 3. The number of benzene rings is 2. The Morgan fingerprint density at radius 2 is 1.65 bits per heavy atom. The Labute approximate surface area is 103 Å². The maximum atomic E-state index is 8.19. The van der Waals surface area contributed by atoms with Crippen molar-refractivity contribution in [2.75, 3.05) is 0 Å². The van der Waals surface area contributed by atoms with Crippen molar-refractivity contribution in [2.24, 2.45) is 7.05 Å². The number of nitrogens with zero attached hydrogens (tertiary/aromatic N) is 1. The van der Waals surface area contributed by atoms with Gasteiger partial charge in [0.25, 0.3) is 0 Å². The Morgan fingerprint density at radius 3 is 2.47 bits per heavy atom. The van der Waals surface area contributed by atoms with E-state index in [4.69, 9.17) is 1.37 Å². The SMILES string of the molecule is [2H]c1c(C)ccc2c1cc1ccc(C)cc1[n+]2C. The molecule has 0 bridgehead atoms. The molecule has 1 aromatic heterocycles. The van der Waals surface area contributed by atoms with Gasteiger partial charge in [0.15, 0.2) is 0 Å². The summed E-state index contributed by atoms with van der Waals surface area (Å²) in [6, 6.07) is 13.3. The van der Waals surface area contributed by atoms with Gasteiger partial charge in [-0.25, -0.2) is 0 Å². The summed E-state index contributed by atoms with van der Waals surface area (Å²) in [7, 11) is 2.07. The number of hydrogen-bond donors (Lipinski definition) is 0. The fraction of sp³-hybridized carbons (Fsp3) is 0.188. The third-order valence-electron chi connectivity index (χ3n) is 3.31. The Bertz CT molecular complexity index is 775. The van der Waals surface area contributed by atoms with Crippen LogP contribution in [0.15, 0.2) is 42.4 Å². The zero-order chi connectivity index (χ0) is 12.9. The van der Waals surface area contributed by atoms with Crippen LogP contribution in [0.25, 0.3) is 21.8 Å². The molecule has 2 aromatic carbocycles. The Hall–Kier alpha value is -1.89. The minimum atomic E-state index is 0.630. The van der Waals surface area contributed by atoms with Crippen molar-refractivity contribution in [2.45, 2.75) is 13.8 Å². The van der Waals surface area contributed by atoms with Crippen LogP contribution in [0.2, 0.25) is 0 Å². The van der Waals surface area contributed by atoms with Crippen molar-refractivity contribution in [3.8, 4) is 0 Å². The Morgan fingerprint density at radius 1 is 0.882 bits per heavy atom. The van der Waals surface area contributed by atoms with E-state index in [1.54, 1.807) is 0 Å². The Kier molecular flexibility index (Phi) is 1.92. The summed E-state index contributed by atoms with van der Waals surface area (Å²) in [5.41, 5.74) is 4.61. The van der Waals surface area contributed by atoms with Crippen LogP contribution in [0.5, 0.6) is 0 Å². The average molecular weight is 223 g/mol. The molecule has 0 aliphatic heterocycles. The zero-order valence-corrected chi connectivity index (χ0v) is 10.4. The molecule has 17 heavy (non-hydrogen) atoms. The van der Waals surface area contributed by atoms with E-state index < -0.39 is 0 Å². The third-order valence-corrected chi connectivity index (χ3v) is 3.31. The van der Waals surface area contributed by atoms with Gasteiger partial charge in [-0.1, -0.05) is 17.7 Å². The molecule has 1 heteroatoms. The molecule has 3 rings (SSSR count). The van der Waals surface area contributed by atoms with Crippen molar-refractivity contribution in [1.29, 1.82) is 0 Å². The summed E-state index contributed by atoms with van der Waals surface area (Å²) in [6.07, 6.45) is 0. The molecule has 0 aliphatic rings. The lowest BCUT2D eigenvalue weighted by Gasteiger charge is -2.03. The lowest BCUT2D eigenvalue weighted by atomic mass is 10.1. The fourth-order valence-corrected chi connectivity index (χ4v) is 2.37. The molecular formula is C16H16N+. The summed E-state index contributed by atoms with van der Waals surface area (Å²) in [6.45, 7) is 4.09. The van der Waals surface area contributed by atoms with Crippen LogP contribution in [0.1, 0.15) is 12.5 Å². The predicted molar refractivity (Wildman–Crippen MR) is 72.1 cm³/mol. The van der Waals surface area contributed by atoms with Gasteiger partial charge in [-0.15, -0.1) is 0 Å². The molecule has 0 unspecified atom stereocenters. The van der Waals surface area contributed by atoms with Gasteiger partial charge in [0.05, 0.1) is 1.37 Å². The lowest BCUT2D eigenvalue weighted by molar-refractivity contribution is -0.617. The van der Waals surface area contributed by atoms with Crippen molar-refractivity contribution < 1.29 is 5.94 Å². The van der Waals surface area contributed by atoms with Gasteiger partial charge in [0.2, 0.25) is 11.0 Å². The van der Waals surface area contributed by atoms with E-state index in [0.29, 0.717) is 6.04 Å². The van der Waals surface area contributed by atoms with Crippen molar-refractivity contribution in [1.82, 2.24) is 0 Å². The Balaban J connectivity index is 2.56. The third kappa shape index (κ3) is 1.59. The quantitative estimate of drug-likeness (QED) is 0.406. The minimum absolute atomic E-state index is 0.630. The first kappa shape index (κ1) is 9.17. The standard InChI is InChI=1S/C16H16N/c1-11-5-7-15-14(8-11)10-13-6-4-12(2)9-16(13)17(15)3/h4-10H,1-3H3/q+1/i8D. The van der Waals surface area contributed by atoms with Crippen molar-refractivity contribution in [3.63, 3.8) is 0 Å². The van der Waals surface area contributed by atoms with Crippen LogP contribution in [0.4, 0.5) is 0 Å². The van der Waals surface area contributed by atoms with Crippen molar-refractivity contribution >= 4 is 21.8 Å². The molecule has 0 N–H and O–H groups in total. The normalized spacial score (nSPS) is 12.1. The summed E-state index contributed by atoms with van der Waals surface area (Å²) >= 11 is 0. The van der Waals surface area contributed by atoms with Gasteiger partial charge in [-0.05, 0) is 37.6 Å². The number of fused-ring (bicyclic) bond motifs is 2. The largest absolute Gasteiger partial charge is 0.213 e. The number of pyridine rings is 1. The van der Waals surface area contributed by atoms with Gasteiger partial charge in [-0.3, -0.25) is 0 Å². The van der Waals surface area contributed by atoms with Crippen LogP contribution < -0.4 is 4.57 Å². The number of rotatable bonds is 0. The van der Waals surface area contributed by atoms with Crippen LogP contribution in [0.3, 0.4) is 0 Å². The predicted octanol–water partition coefficient (Wildman–Crippen LogP) is 3.43. The van der Waals surface area contributed by atoms with Crippen LogP contribution >= 0.6 is 0 Å². The van der Waals surface area contributed by atoms with E-state index >= 15 is 0 Å². The second-order valence-corrected chi connectivity index (χ2v) is 4.71. The molecule has 0 radical (unpaired) electrons. The molecule has 1 heterocycles. The summed E-state index contributed by atoms with van der Waals surface area (Å²) in [4.78, 5) is 0. The highest BCUT2D eigenvalue weighted by Gasteiger charge is 2.11. The van der Waals surface area contributed by atoms with E-state index in [1.807, 2.05) is 13.0 Å². The van der Waals surface area contributed by atoms with E-state index in [0.717, 1.165) is 16.5 Å². The van der Waals surface area contributed by atoms with Gasteiger partial charge < -0.3 is 0 Å². The first-order valence-electron chi connectivity index (χ1n) is 6.37. The van der Waals surface area contributed by atoms with E-state index in [-0.39, 0.29) is 0 Å². The van der Waals surface area contributed by atoms with E-state index in [1.165, 1.54) is 16.5 Å². The maximum absolute atomic E-state index is 8.19. The maximum Gasteiger partial charge on any atom is 0.213 e. The molecular weight excluding hydrogens is 206 g/mol. The highest BCUT2D eigenvalue weighted by molar-refractivity contribution is 5.89. The summed E-state index contributed by atoms with van der Waals surface area (Å²) in [5.74, 6) is 0. The van der Waals surface area contributed by atoms with Gasteiger partial charge in [0.1, 0.15) is 7.05 Å². The topological polar surface area (TPSA) is 3.88 Å². The van der Waals surface area contributed by atoms with Gasteiger partial charge in [0, 0.05) is 22.9 Å². The fourth-order valence-electron chi connectivity index (χ4n) is 2.37. The molecule has 1 nitrogen and oxygen atoms in total. The van der Waals surface area contributed by atoms with E-state index in [9.17, 15) is 0 Å². The molecule has 0 spiro atoms. The summed E-state index contributed by atoms with van der Waals surface area (Å²) in [5, 5.41) is 2.21. The second kappa shape index (κ2) is 3.56. The molecule has 0 amide bonds. The zero-order valence-electron chi connectivity index (χ0n) is 11.4. The number of aromatic nitrogens is 1. The van der Waals surface area contributed by atoms with Gasteiger partial charge in [-0.2, -0.15) is 4.57 Å².